The molecule has 4 heteroatoms. The minimum Gasteiger partial charge on any atom is -0.375 e. The average molecular weight is 251 g/mol. The lowest BCUT2D eigenvalue weighted by Gasteiger charge is -2.36. The molecule has 102 valence electrons. The van der Waals surface area contributed by atoms with Crippen molar-refractivity contribution in [3.63, 3.8) is 0 Å². The van der Waals surface area contributed by atoms with E-state index in [2.05, 4.69) is 35.6 Å². The third kappa shape index (κ3) is 3.33. The molecule has 1 aromatic rings. The molecule has 0 bridgehead atoms. The number of nitrogens with zero attached hydrogens (tertiary/aromatic N) is 2. The number of imidazole rings is 1. The summed E-state index contributed by atoms with van der Waals surface area (Å²) in [5, 5.41) is 3.45. The van der Waals surface area contributed by atoms with Crippen molar-refractivity contribution < 1.29 is 4.74 Å². The molecule has 1 saturated heterocycles. The van der Waals surface area contributed by atoms with Crippen molar-refractivity contribution >= 4 is 0 Å². The van der Waals surface area contributed by atoms with E-state index in [0.717, 1.165) is 32.5 Å². The zero-order valence-corrected chi connectivity index (χ0v) is 11.8. The number of hydrogen-bond donors (Lipinski definition) is 1. The topological polar surface area (TPSA) is 39.1 Å². The van der Waals surface area contributed by atoms with Gasteiger partial charge in [0.05, 0.1) is 17.6 Å². The van der Waals surface area contributed by atoms with E-state index >= 15 is 0 Å². The largest absolute Gasteiger partial charge is 0.375 e. The molecule has 1 aromatic heterocycles. The van der Waals surface area contributed by atoms with Crippen molar-refractivity contribution in [1.82, 2.24) is 14.9 Å². The van der Waals surface area contributed by atoms with Gasteiger partial charge in [0.25, 0.3) is 0 Å². The summed E-state index contributed by atoms with van der Waals surface area (Å²) in [5.41, 5.74) is 1.27. The molecule has 0 saturated carbocycles. The van der Waals surface area contributed by atoms with Gasteiger partial charge in [-0.25, -0.2) is 4.98 Å². The van der Waals surface area contributed by atoms with Crippen LogP contribution < -0.4 is 5.32 Å². The normalized spacial score (nSPS) is 23.2. The quantitative estimate of drug-likeness (QED) is 0.817. The molecule has 1 fully saturated rings. The summed E-state index contributed by atoms with van der Waals surface area (Å²) in [7, 11) is 0. The number of hydrogen-bond acceptors (Lipinski definition) is 3. The average Bonchev–Trinajstić information content (AvgIpc) is 2.76. The molecular formula is C14H25N3O. The van der Waals surface area contributed by atoms with E-state index in [4.69, 9.17) is 4.74 Å². The van der Waals surface area contributed by atoms with E-state index in [1.165, 1.54) is 12.1 Å². The fourth-order valence-electron chi connectivity index (χ4n) is 2.63. The van der Waals surface area contributed by atoms with Crippen molar-refractivity contribution in [2.45, 2.75) is 58.2 Å². The Kier molecular flexibility index (Phi) is 4.40. The molecular weight excluding hydrogens is 226 g/mol. The number of rotatable bonds is 5. The highest BCUT2D eigenvalue weighted by molar-refractivity contribution is 5.01. The van der Waals surface area contributed by atoms with E-state index in [0.29, 0.717) is 6.04 Å². The molecule has 1 atom stereocenters. The first-order valence-corrected chi connectivity index (χ1v) is 6.98. The Hall–Kier alpha value is -0.870. The molecule has 0 radical (unpaired) electrons. The number of nitrogens with one attached hydrogen (secondary N) is 1. The Bertz CT molecular complexity index is 373. The molecule has 1 unspecified atom stereocenters. The maximum atomic E-state index is 5.78. The maximum absolute atomic E-state index is 5.78. The van der Waals surface area contributed by atoms with E-state index in [1.807, 2.05) is 12.5 Å². The van der Waals surface area contributed by atoms with Crippen LogP contribution in [0.15, 0.2) is 12.5 Å². The van der Waals surface area contributed by atoms with Crippen LogP contribution in [0.1, 0.15) is 51.8 Å². The molecule has 0 amide bonds. The van der Waals surface area contributed by atoms with Crippen LogP contribution >= 0.6 is 0 Å². The molecule has 0 aromatic carbocycles. The SMILES string of the molecule is CCCNCc1cncn1C1CCOC(C)(C)C1. The van der Waals surface area contributed by atoms with Gasteiger partial charge in [0.15, 0.2) is 0 Å². The van der Waals surface area contributed by atoms with Crippen molar-refractivity contribution in [3.05, 3.63) is 18.2 Å². The third-order valence-electron chi connectivity index (χ3n) is 3.54. The highest BCUT2D eigenvalue weighted by Gasteiger charge is 2.30. The Morgan fingerprint density at radius 1 is 1.56 bits per heavy atom. The Morgan fingerprint density at radius 2 is 2.39 bits per heavy atom. The van der Waals surface area contributed by atoms with E-state index in [-0.39, 0.29) is 5.60 Å². The van der Waals surface area contributed by atoms with Gasteiger partial charge in [0.1, 0.15) is 0 Å². The lowest BCUT2D eigenvalue weighted by molar-refractivity contribution is -0.0694. The Labute approximate surface area is 110 Å². The fourth-order valence-corrected chi connectivity index (χ4v) is 2.63. The first-order valence-electron chi connectivity index (χ1n) is 6.98. The van der Waals surface area contributed by atoms with Gasteiger partial charge in [0, 0.05) is 25.4 Å². The van der Waals surface area contributed by atoms with Crippen LogP contribution in [0, 0.1) is 0 Å². The van der Waals surface area contributed by atoms with Gasteiger partial charge in [-0.1, -0.05) is 6.92 Å². The van der Waals surface area contributed by atoms with Crippen LogP contribution in [-0.2, 0) is 11.3 Å². The lowest BCUT2D eigenvalue weighted by Crippen LogP contribution is -2.35. The van der Waals surface area contributed by atoms with Crippen molar-refractivity contribution in [1.29, 1.82) is 0 Å². The highest BCUT2D eigenvalue weighted by atomic mass is 16.5. The maximum Gasteiger partial charge on any atom is 0.0951 e. The van der Waals surface area contributed by atoms with Crippen LogP contribution in [0.25, 0.3) is 0 Å². The predicted molar refractivity (Wildman–Crippen MR) is 72.5 cm³/mol. The second-order valence-corrected chi connectivity index (χ2v) is 5.72. The minimum atomic E-state index is -0.0126. The Morgan fingerprint density at radius 3 is 3.11 bits per heavy atom. The number of ether oxygens (including phenoxy) is 1. The molecule has 1 aliphatic heterocycles. The summed E-state index contributed by atoms with van der Waals surface area (Å²) >= 11 is 0. The summed E-state index contributed by atoms with van der Waals surface area (Å²) in [6.07, 6.45) is 7.25. The smallest absolute Gasteiger partial charge is 0.0951 e. The molecule has 18 heavy (non-hydrogen) atoms. The van der Waals surface area contributed by atoms with Crippen LogP contribution in [0.4, 0.5) is 0 Å². The fraction of sp³-hybridized carbons (Fsp3) is 0.786. The summed E-state index contributed by atoms with van der Waals surface area (Å²) in [6, 6.07) is 0.523. The van der Waals surface area contributed by atoms with Crippen LogP contribution in [0.2, 0.25) is 0 Å². The van der Waals surface area contributed by atoms with Crippen LogP contribution in [0.3, 0.4) is 0 Å². The zero-order chi connectivity index (χ0) is 13.0. The highest BCUT2D eigenvalue weighted by Crippen LogP contribution is 2.32. The van der Waals surface area contributed by atoms with E-state index < -0.39 is 0 Å². The third-order valence-corrected chi connectivity index (χ3v) is 3.54. The van der Waals surface area contributed by atoms with Gasteiger partial charge < -0.3 is 14.6 Å². The van der Waals surface area contributed by atoms with Crippen molar-refractivity contribution in [3.8, 4) is 0 Å². The molecule has 2 heterocycles. The first kappa shape index (κ1) is 13.6. The van der Waals surface area contributed by atoms with Crippen LogP contribution in [-0.4, -0.2) is 28.3 Å². The molecule has 0 aliphatic carbocycles. The molecule has 2 rings (SSSR count). The van der Waals surface area contributed by atoms with Crippen molar-refractivity contribution in [2.24, 2.45) is 0 Å². The lowest BCUT2D eigenvalue weighted by atomic mass is 9.93. The second-order valence-electron chi connectivity index (χ2n) is 5.72. The van der Waals surface area contributed by atoms with Gasteiger partial charge in [-0.15, -0.1) is 0 Å². The molecule has 4 nitrogen and oxygen atoms in total. The summed E-state index contributed by atoms with van der Waals surface area (Å²) in [4.78, 5) is 4.31. The van der Waals surface area contributed by atoms with Gasteiger partial charge in [-0.05, 0) is 39.7 Å². The standard InChI is InChI=1S/C14H25N3O/c1-4-6-15-9-13-10-16-11-17(13)12-5-7-18-14(2,3)8-12/h10-12,15H,4-9H2,1-3H3. The van der Waals surface area contributed by atoms with Gasteiger partial charge in [-0.3, -0.25) is 0 Å². The Balaban J connectivity index is 2.01. The molecule has 0 spiro atoms. The predicted octanol–water partition coefficient (Wildman–Crippen LogP) is 2.51. The van der Waals surface area contributed by atoms with Gasteiger partial charge in [-0.2, -0.15) is 0 Å². The summed E-state index contributed by atoms with van der Waals surface area (Å²) in [5.74, 6) is 0. The minimum absolute atomic E-state index is 0.0126. The number of aromatic nitrogens is 2. The second kappa shape index (κ2) is 5.85. The molecule has 1 N–H and O–H groups in total. The monoisotopic (exact) mass is 251 g/mol. The van der Waals surface area contributed by atoms with E-state index in [1.54, 1.807) is 0 Å². The van der Waals surface area contributed by atoms with E-state index in [9.17, 15) is 0 Å². The molecule has 1 aliphatic rings. The first-order chi connectivity index (χ1) is 8.62. The van der Waals surface area contributed by atoms with Gasteiger partial charge >= 0.3 is 0 Å². The van der Waals surface area contributed by atoms with Crippen molar-refractivity contribution in [2.75, 3.05) is 13.2 Å². The summed E-state index contributed by atoms with van der Waals surface area (Å²) < 4.78 is 8.11. The summed E-state index contributed by atoms with van der Waals surface area (Å²) in [6.45, 7) is 9.34. The van der Waals surface area contributed by atoms with Gasteiger partial charge in [0.2, 0.25) is 0 Å². The van der Waals surface area contributed by atoms with Crippen LogP contribution in [0.5, 0.6) is 0 Å². The zero-order valence-electron chi connectivity index (χ0n) is 11.8.